The van der Waals surface area contributed by atoms with Gasteiger partial charge in [-0.2, -0.15) is 7.05 Å². The van der Waals surface area contributed by atoms with Gasteiger partial charge < -0.3 is 10.4 Å². The molecule has 0 aliphatic heterocycles. The van der Waals surface area contributed by atoms with Crippen molar-refractivity contribution < 1.29 is 24.9 Å². The number of nitrogens with zero attached hydrogens (tertiary/aromatic N) is 1. The van der Waals surface area contributed by atoms with Crippen LogP contribution in [0, 0.1) is 6.92 Å². The topological polar surface area (TPSA) is 34.3 Å². The van der Waals surface area contributed by atoms with E-state index in [0.29, 0.717) is 0 Å². The zero-order chi connectivity index (χ0) is 15.0. The summed E-state index contributed by atoms with van der Waals surface area (Å²) < 4.78 is 0. The zero-order valence-corrected chi connectivity index (χ0v) is 16.4. The predicted octanol–water partition coefficient (Wildman–Crippen LogP) is 4.80. The minimum atomic E-state index is -0.549. The molecule has 1 fully saturated rings. The van der Waals surface area contributed by atoms with E-state index < -0.39 is 5.60 Å². The second kappa shape index (κ2) is 10.5. The van der Waals surface area contributed by atoms with Crippen molar-refractivity contribution in [1.82, 2.24) is 0 Å². The van der Waals surface area contributed by atoms with Crippen LogP contribution in [0.1, 0.15) is 63.0 Å². The number of aliphatic hydroxyl groups is 1. The summed E-state index contributed by atoms with van der Waals surface area (Å²) in [5.74, 6) is 0.156. The molecule has 1 N–H and O–H groups in total. The number of likely N-dealkylation sites (N-methyl/N-ethyl adjacent to an activating group) is 1. The average Bonchev–Trinajstić information content (AvgIpc) is 2.49. The van der Waals surface area contributed by atoms with Gasteiger partial charge in [0.05, 0.1) is 5.60 Å². The van der Waals surface area contributed by atoms with Crippen molar-refractivity contribution in [2.45, 2.75) is 64.4 Å². The van der Waals surface area contributed by atoms with Gasteiger partial charge in [-0.3, -0.25) is 0 Å². The molecule has 1 radical (unpaired) electrons. The van der Waals surface area contributed by atoms with Crippen molar-refractivity contribution in [3.63, 3.8) is 0 Å². The summed E-state index contributed by atoms with van der Waals surface area (Å²) in [4.78, 5) is 0. The van der Waals surface area contributed by atoms with Gasteiger partial charge in [-0.15, -0.1) is 6.54 Å². The Morgan fingerprint density at radius 3 is 2.10 bits per heavy atom. The smallest absolute Gasteiger partial charge is 0.664 e. The minimum Gasteiger partial charge on any atom is -0.664 e. The fourth-order valence-corrected chi connectivity index (χ4v) is 3.08. The van der Waals surface area contributed by atoms with Crippen LogP contribution in [0.15, 0.2) is 24.3 Å². The Labute approximate surface area is 143 Å². The van der Waals surface area contributed by atoms with E-state index in [4.69, 9.17) is 0 Å². The van der Waals surface area contributed by atoms with Gasteiger partial charge in [0.2, 0.25) is 0 Å². The Hall–Kier alpha value is -0.224. The average molecular weight is 467 g/mol. The summed E-state index contributed by atoms with van der Waals surface area (Å²) in [5, 5.41) is 15.2. The summed E-state index contributed by atoms with van der Waals surface area (Å²) in [6.07, 6.45) is 5.37. The fraction of sp³-hybridized carbons (Fsp3) is 0.667. The van der Waals surface area contributed by atoms with Gasteiger partial charge in [-0.1, -0.05) is 62.9 Å². The normalized spacial score (nSPS) is 18.0. The maximum atomic E-state index is 10.9. The molecule has 1 atom stereocenters. The summed E-state index contributed by atoms with van der Waals surface area (Å²) in [6, 6.07) is 8.56. The fourth-order valence-electron chi connectivity index (χ4n) is 3.08. The molecule has 1 aromatic rings. The Balaban J connectivity index is 0.00000128. The molecule has 3 heteroatoms. The molecule has 1 saturated carbocycles. The first-order valence-corrected chi connectivity index (χ1v) is 8.00. The van der Waals surface area contributed by atoms with Crippen LogP contribution in [0.3, 0.4) is 0 Å². The number of hydrogen-bond acceptors (Lipinski definition) is 1. The number of benzene rings is 1. The van der Waals surface area contributed by atoms with Gasteiger partial charge in [0, 0.05) is 0 Å². The maximum Gasteiger partial charge on any atom is 1.00 e. The van der Waals surface area contributed by atoms with E-state index in [1.54, 1.807) is 0 Å². The zero-order valence-electron chi connectivity index (χ0n) is 13.9. The SMILES string of the molecule is CC.C[N-]C[C@H](c1ccc(C)cc1)C1(O)CCCCC1.[Os+]. The van der Waals surface area contributed by atoms with E-state index in [9.17, 15) is 5.11 Å². The molecule has 2 rings (SSSR count). The van der Waals surface area contributed by atoms with Gasteiger partial charge in [0.1, 0.15) is 0 Å². The van der Waals surface area contributed by atoms with E-state index in [1.165, 1.54) is 17.5 Å². The first kappa shape index (κ1) is 20.8. The first-order chi connectivity index (χ1) is 9.65. The summed E-state index contributed by atoms with van der Waals surface area (Å²) in [6.45, 7) is 6.82. The quantitative estimate of drug-likeness (QED) is 0.680. The van der Waals surface area contributed by atoms with Crippen molar-refractivity contribution in [2.75, 3.05) is 13.6 Å². The van der Waals surface area contributed by atoms with E-state index in [2.05, 4.69) is 36.5 Å². The number of rotatable bonds is 4. The van der Waals surface area contributed by atoms with E-state index in [-0.39, 0.29) is 25.7 Å². The largest absolute Gasteiger partial charge is 1.00 e. The summed E-state index contributed by atoms with van der Waals surface area (Å²) in [5.41, 5.74) is 1.95. The Kier molecular flexibility index (Phi) is 10.4. The van der Waals surface area contributed by atoms with Crippen LogP contribution in [0.4, 0.5) is 0 Å². The standard InChI is InChI=1S/C16H24NO.C2H6.Os/c1-13-6-8-14(9-7-13)15(12-17-2)16(18)10-4-3-5-11-16;1-2;/h6-9,15,18H,3-5,10-12H2,1-2H3;1-2H3;/q-1;;+1/t15-;;/m1../s1. The molecule has 1 aromatic carbocycles. The second-order valence-corrected chi connectivity index (χ2v) is 5.63. The van der Waals surface area contributed by atoms with Crippen LogP contribution in [0.5, 0.6) is 0 Å². The van der Waals surface area contributed by atoms with E-state index in [1.807, 2.05) is 20.9 Å². The van der Waals surface area contributed by atoms with Crippen LogP contribution >= 0.6 is 0 Å². The molecule has 0 amide bonds. The number of hydrogen-bond donors (Lipinski definition) is 1. The third-order valence-electron chi connectivity index (χ3n) is 4.21. The molecule has 1 aliphatic carbocycles. The number of aryl methyl sites for hydroxylation is 1. The predicted molar refractivity (Wildman–Crippen MR) is 87.5 cm³/mol. The van der Waals surface area contributed by atoms with Gasteiger partial charge >= 0.3 is 19.8 Å². The third-order valence-corrected chi connectivity index (χ3v) is 4.21. The molecule has 0 aromatic heterocycles. The molecule has 121 valence electrons. The van der Waals surface area contributed by atoms with Crippen molar-refractivity contribution in [3.05, 3.63) is 40.7 Å². The van der Waals surface area contributed by atoms with Crippen LogP contribution in [-0.4, -0.2) is 24.3 Å². The second-order valence-electron chi connectivity index (χ2n) is 5.63. The molecular formula is C18H30NOOs. The van der Waals surface area contributed by atoms with Gasteiger partial charge in [-0.25, -0.2) is 0 Å². The molecule has 0 bridgehead atoms. The molecule has 0 saturated heterocycles. The van der Waals surface area contributed by atoms with Crippen LogP contribution in [0.25, 0.3) is 5.32 Å². The van der Waals surface area contributed by atoms with Gasteiger partial charge in [0.15, 0.2) is 0 Å². The van der Waals surface area contributed by atoms with Crippen molar-refractivity contribution in [3.8, 4) is 0 Å². The summed E-state index contributed by atoms with van der Waals surface area (Å²) >= 11 is 0. The van der Waals surface area contributed by atoms with Crippen LogP contribution < -0.4 is 0 Å². The van der Waals surface area contributed by atoms with Crippen molar-refractivity contribution >= 4 is 0 Å². The molecular weight excluding hydrogens is 436 g/mol. The first-order valence-electron chi connectivity index (χ1n) is 8.00. The molecule has 21 heavy (non-hydrogen) atoms. The molecule has 0 unspecified atom stereocenters. The van der Waals surface area contributed by atoms with Crippen LogP contribution in [-0.2, 0) is 19.8 Å². The van der Waals surface area contributed by atoms with Gasteiger partial charge in [0.25, 0.3) is 0 Å². The monoisotopic (exact) mass is 468 g/mol. The van der Waals surface area contributed by atoms with Crippen LogP contribution in [0.2, 0.25) is 0 Å². The Morgan fingerprint density at radius 2 is 1.62 bits per heavy atom. The third kappa shape index (κ3) is 5.82. The Bertz CT molecular complexity index is 371. The molecule has 0 spiro atoms. The van der Waals surface area contributed by atoms with Crippen molar-refractivity contribution in [2.24, 2.45) is 0 Å². The Morgan fingerprint density at radius 1 is 1.10 bits per heavy atom. The molecule has 1 aliphatic rings. The van der Waals surface area contributed by atoms with E-state index in [0.717, 1.165) is 32.2 Å². The summed E-state index contributed by atoms with van der Waals surface area (Å²) in [7, 11) is 1.84. The van der Waals surface area contributed by atoms with Gasteiger partial charge in [-0.05, 0) is 31.2 Å². The van der Waals surface area contributed by atoms with Crippen molar-refractivity contribution in [1.29, 1.82) is 0 Å². The van der Waals surface area contributed by atoms with E-state index >= 15 is 0 Å². The molecule has 0 heterocycles. The molecule has 2 nitrogen and oxygen atoms in total. The minimum absolute atomic E-state index is 0. The maximum absolute atomic E-state index is 10.9.